The van der Waals surface area contributed by atoms with Crippen molar-refractivity contribution in [2.45, 2.75) is 33.6 Å². The number of nitrogen functional groups attached to an aromatic ring is 1. The number of nitrogens with one attached hydrogen (secondary N) is 1. The fourth-order valence-corrected chi connectivity index (χ4v) is 1.78. The summed E-state index contributed by atoms with van der Waals surface area (Å²) in [7, 11) is 0. The molecule has 4 heteroatoms. The highest BCUT2D eigenvalue weighted by Gasteiger charge is 2.12. The van der Waals surface area contributed by atoms with E-state index in [2.05, 4.69) is 19.2 Å². The lowest BCUT2D eigenvalue weighted by Gasteiger charge is -2.12. The minimum Gasteiger partial charge on any atom is -0.493 e. The fourth-order valence-electron chi connectivity index (χ4n) is 1.78. The molecule has 0 unspecified atom stereocenters. The van der Waals surface area contributed by atoms with Crippen LogP contribution in [0.4, 0.5) is 5.69 Å². The highest BCUT2D eigenvalue weighted by atomic mass is 16.5. The number of ether oxygens (including phenoxy) is 1. The van der Waals surface area contributed by atoms with Gasteiger partial charge in [-0.2, -0.15) is 0 Å². The molecule has 0 fully saturated rings. The van der Waals surface area contributed by atoms with Gasteiger partial charge in [-0.1, -0.05) is 13.8 Å². The molecule has 19 heavy (non-hydrogen) atoms. The Morgan fingerprint density at radius 3 is 2.79 bits per heavy atom. The van der Waals surface area contributed by atoms with Crippen molar-refractivity contribution in [3.8, 4) is 5.75 Å². The minimum atomic E-state index is -0.124. The zero-order chi connectivity index (χ0) is 14.3. The van der Waals surface area contributed by atoms with E-state index in [0.717, 1.165) is 12.8 Å². The van der Waals surface area contributed by atoms with Crippen LogP contribution in [0.3, 0.4) is 0 Å². The van der Waals surface area contributed by atoms with E-state index in [-0.39, 0.29) is 5.91 Å². The van der Waals surface area contributed by atoms with Gasteiger partial charge >= 0.3 is 0 Å². The molecule has 0 bridgehead atoms. The van der Waals surface area contributed by atoms with Gasteiger partial charge in [-0.25, -0.2) is 0 Å². The molecule has 0 aliphatic heterocycles. The van der Waals surface area contributed by atoms with Crippen LogP contribution in [0.15, 0.2) is 18.2 Å². The average Bonchev–Trinajstić information content (AvgIpc) is 2.34. The number of amides is 1. The molecule has 3 N–H and O–H groups in total. The van der Waals surface area contributed by atoms with Crippen molar-refractivity contribution in [3.05, 3.63) is 23.8 Å². The van der Waals surface area contributed by atoms with E-state index >= 15 is 0 Å². The van der Waals surface area contributed by atoms with Crippen LogP contribution in [0.25, 0.3) is 0 Å². The summed E-state index contributed by atoms with van der Waals surface area (Å²) in [6, 6.07) is 5.13. The van der Waals surface area contributed by atoms with Gasteiger partial charge in [-0.15, -0.1) is 0 Å². The van der Waals surface area contributed by atoms with Crippen molar-refractivity contribution >= 4 is 11.6 Å². The lowest BCUT2D eigenvalue weighted by atomic mass is 10.1. The van der Waals surface area contributed by atoms with Crippen LogP contribution < -0.4 is 15.8 Å². The second-order valence-electron chi connectivity index (χ2n) is 5.00. The first-order chi connectivity index (χ1) is 9.04. The quantitative estimate of drug-likeness (QED) is 0.588. The Morgan fingerprint density at radius 1 is 1.42 bits per heavy atom. The highest BCUT2D eigenvalue weighted by Crippen LogP contribution is 2.22. The SMILES string of the molecule is CCNC(=O)c1ccc(N)cc1OCCCC(C)C. The fraction of sp³-hybridized carbons (Fsp3) is 0.533. The van der Waals surface area contributed by atoms with Crippen molar-refractivity contribution in [1.82, 2.24) is 5.32 Å². The van der Waals surface area contributed by atoms with Crippen LogP contribution in [0, 0.1) is 5.92 Å². The molecule has 0 radical (unpaired) electrons. The third-order valence-electron chi connectivity index (χ3n) is 2.77. The molecular weight excluding hydrogens is 240 g/mol. The van der Waals surface area contributed by atoms with E-state index in [0.29, 0.717) is 36.1 Å². The molecule has 0 atom stereocenters. The van der Waals surface area contributed by atoms with Crippen LogP contribution in [0.5, 0.6) is 5.75 Å². The van der Waals surface area contributed by atoms with E-state index in [1.807, 2.05) is 6.92 Å². The Morgan fingerprint density at radius 2 is 2.16 bits per heavy atom. The molecule has 0 aliphatic rings. The summed E-state index contributed by atoms with van der Waals surface area (Å²) < 4.78 is 5.70. The van der Waals surface area contributed by atoms with Crippen LogP contribution in [-0.4, -0.2) is 19.1 Å². The molecular formula is C15H24N2O2. The smallest absolute Gasteiger partial charge is 0.255 e. The van der Waals surface area contributed by atoms with Gasteiger partial charge in [0.25, 0.3) is 5.91 Å². The Kier molecular flexibility index (Phi) is 6.19. The number of benzene rings is 1. The standard InChI is InChI=1S/C15H24N2O2/c1-4-17-15(18)13-8-7-12(16)10-14(13)19-9-5-6-11(2)3/h7-8,10-11H,4-6,9,16H2,1-3H3,(H,17,18). The largest absolute Gasteiger partial charge is 0.493 e. The van der Waals surface area contributed by atoms with E-state index in [1.54, 1.807) is 18.2 Å². The molecule has 0 aromatic heterocycles. The van der Waals surface area contributed by atoms with Crippen LogP contribution in [0.2, 0.25) is 0 Å². The third-order valence-corrected chi connectivity index (χ3v) is 2.77. The maximum Gasteiger partial charge on any atom is 0.255 e. The van der Waals surface area contributed by atoms with Crippen molar-refractivity contribution in [1.29, 1.82) is 0 Å². The first kappa shape index (κ1) is 15.3. The predicted molar refractivity (Wildman–Crippen MR) is 78.4 cm³/mol. The topological polar surface area (TPSA) is 64.4 Å². The van der Waals surface area contributed by atoms with Gasteiger partial charge in [-0.05, 0) is 37.8 Å². The summed E-state index contributed by atoms with van der Waals surface area (Å²) in [5.41, 5.74) is 6.89. The van der Waals surface area contributed by atoms with Crippen LogP contribution >= 0.6 is 0 Å². The number of carbonyl (C=O) groups is 1. The maximum absolute atomic E-state index is 11.9. The molecule has 4 nitrogen and oxygen atoms in total. The van der Waals surface area contributed by atoms with E-state index in [4.69, 9.17) is 10.5 Å². The van der Waals surface area contributed by atoms with E-state index in [1.165, 1.54) is 0 Å². The van der Waals surface area contributed by atoms with Gasteiger partial charge in [0.05, 0.1) is 12.2 Å². The van der Waals surface area contributed by atoms with Crippen molar-refractivity contribution < 1.29 is 9.53 Å². The maximum atomic E-state index is 11.9. The van der Waals surface area contributed by atoms with Gasteiger partial charge in [0, 0.05) is 18.3 Å². The molecule has 1 aromatic rings. The number of hydrogen-bond acceptors (Lipinski definition) is 3. The summed E-state index contributed by atoms with van der Waals surface area (Å²) >= 11 is 0. The van der Waals surface area contributed by atoms with E-state index < -0.39 is 0 Å². The molecule has 0 saturated carbocycles. The molecule has 1 rings (SSSR count). The zero-order valence-corrected chi connectivity index (χ0v) is 12.0. The predicted octanol–water partition coefficient (Wildman–Crippen LogP) is 2.83. The van der Waals surface area contributed by atoms with Crippen molar-refractivity contribution in [2.24, 2.45) is 5.92 Å². The van der Waals surface area contributed by atoms with Gasteiger partial charge in [0.2, 0.25) is 0 Å². The monoisotopic (exact) mass is 264 g/mol. The molecule has 0 saturated heterocycles. The summed E-state index contributed by atoms with van der Waals surface area (Å²) in [6.45, 7) is 7.45. The van der Waals surface area contributed by atoms with Crippen LogP contribution in [0.1, 0.15) is 44.0 Å². The van der Waals surface area contributed by atoms with Gasteiger partial charge in [0.1, 0.15) is 5.75 Å². The van der Waals surface area contributed by atoms with Gasteiger partial charge in [-0.3, -0.25) is 4.79 Å². The number of nitrogens with two attached hydrogens (primary N) is 1. The van der Waals surface area contributed by atoms with Crippen molar-refractivity contribution in [3.63, 3.8) is 0 Å². The molecule has 0 heterocycles. The average molecular weight is 264 g/mol. The summed E-state index contributed by atoms with van der Waals surface area (Å²) in [6.07, 6.45) is 2.08. The Balaban J connectivity index is 2.68. The number of rotatable bonds is 7. The lowest BCUT2D eigenvalue weighted by Crippen LogP contribution is -2.23. The summed E-state index contributed by atoms with van der Waals surface area (Å²) in [5, 5.41) is 2.77. The number of hydrogen-bond donors (Lipinski definition) is 2. The molecule has 1 amide bonds. The van der Waals surface area contributed by atoms with Gasteiger partial charge in [0.15, 0.2) is 0 Å². The Labute approximate surface area is 115 Å². The van der Waals surface area contributed by atoms with Crippen LogP contribution in [-0.2, 0) is 0 Å². The molecule has 0 spiro atoms. The minimum absolute atomic E-state index is 0.124. The first-order valence-corrected chi connectivity index (χ1v) is 6.85. The number of anilines is 1. The van der Waals surface area contributed by atoms with Crippen molar-refractivity contribution in [2.75, 3.05) is 18.9 Å². The summed E-state index contributed by atoms with van der Waals surface area (Å²) in [4.78, 5) is 11.9. The normalized spacial score (nSPS) is 10.5. The molecule has 1 aromatic carbocycles. The van der Waals surface area contributed by atoms with E-state index in [9.17, 15) is 4.79 Å². The summed E-state index contributed by atoms with van der Waals surface area (Å²) in [5.74, 6) is 1.10. The Bertz CT molecular complexity index is 417. The molecule has 106 valence electrons. The third kappa shape index (κ3) is 5.20. The Hall–Kier alpha value is -1.71. The second-order valence-corrected chi connectivity index (χ2v) is 5.00. The first-order valence-electron chi connectivity index (χ1n) is 6.85. The second kappa shape index (κ2) is 7.67. The highest BCUT2D eigenvalue weighted by molar-refractivity contribution is 5.97. The molecule has 0 aliphatic carbocycles. The number of carbonyl (C=O) groups excluding carboxylic acids is 1. The lowest BCUT2D eigenvalue weighted by molar-refractivity contribution is 0.0951. The van der Waals surface area contributed by atoms with Gasteiger partial charge < -0.3 is 15.8 Å². The zero-order valence-electron chi connectivity index (χ0n) is 12.0.